The van der Waals surface area contributed by atoms with Crippen LogP contribution in [0.2, 0.25) is 0 Å². The second-order valence-corrected chi connectivity index (χ2v) is 6.54. The van der Waals surface area contributed by atoms with Crippen LogP contribution in [-0.2, 0) is 29.1 Å². The monoisotopic (exact) mass is 421 g/mol. The van der Waals surface area contributed by atoms with Gasteiger partial charge in [-0.1, -0.05) is 0 Å². The molecule has 11 nitrogen and oxygen atoms in total. The van der Waals surface area contributed by atoms with Crippen molar-refractivity contribution in [3.05, 3.63) is 18.2 Å². The number of hydrogen-bond donors (Lipinski definition) is 1. The van der Waals surface area contributed by atoms with E-state index in [0.717, 1.165) is 12.1 Å². The minimum atomic E-state index is -4.92. The maximum absolute atomic E-state index is 12.0. The zero-order chi connectivity index (χ0) is 17.9. The van der Waals surface area contributed by atoms with Crippen LogP contribution in [0.4, 0.5) is 5.69 Å². The fourth-order valence-electron chi connectivity index (χ4n) is 1.87. The van der Waals surface area contributed by atoms with Gasteiger partial charge in [0.25, 0.3) is 5.91 Å². The Kier molecular flexibility index (Phi) is 11.1. The number of anilines is 1. The van der Waals surface area contributed by atoms with Crippen LogP contribution >= 0.6 is 12.0 Å². The summed E-state index contributed by atoms with van der Waals surface area (Å²) in [5.74, 6) is -1.13. The van der Waals surface area contributed by atoms with Gasteiger partial charge in [0.1, 0.15) is 16.0 Å². The molecule has 0 radical (unpaired) electrons. The van der Waals surface area contributed by atoms with Gasteiger partial charge in [-0.2, -0.15) is 14.4 Å². The van der Waals surface area contributed by atoms with Crippen LogP contribution in [0.25, 0.3) is 0 Å². The van der Waals surface area contributed by atoms with Crippen molar-refractivity contribution < 1.29 is 96.3 Å². The minimum Gasteiger partial charge on any atom is -0.744 e. The van der Waals surface area contributed by atoms with Gasteiger partial charge in [-0.3, -0.25) is 14.6 Å². The second-order valence-electron chi connectivity index (χ2n) is 4.41. The summed E-state index contributed by atoms with van der Waals surface area (Å²) in [6.07, 6.45) is -0.282. The van der Waals surface area contributed by atoms with Crippen LogP contribution in [-0.4, -0.2) is 30.6 Å². The molecule has 0 saturated heterocycles. The molecule has 1 aromatic rings. The molecule has 0 atom stereocenters. The zero-order valence-electron chi connectivity index (χ0n) is 13.9. The van der Waals surface area contributed by atoms with Crippen LogP contribution in [0.3, 0.4) is 0 Å². The second kappa shape index (κ2) is 11.1. The van der Waals surface area contributed by atoms with E-state index >= 15 is 0 Å². The topological polar surface area (TPSA) is 160 Å². The summed E-state index contributed by atoms with van der Waals surface area (Å²) in [6.45, 7) is 1.21. The smallest absolute Gasteiger partial charge is 0.744 e. The number of benzene rings is 1. The first-order valence-corrected chi connectivity index (χ1v) is 8.28. The summed E-state index contributed by atoms with van der Waals surface area (Å²) in [5, 5.41) is 19.8. The number of carbonyl (C=O) groups is 2. The number of hydrazone groups is 1. The Hall–Kier alpha value is -0.0300. The molecular weight excluding hydrogens is 412 g/mol. The molecule has 15 heteroatoms. The Morgan fingerprint density at radius 1 is 1.38 bits per heavy atom. The largest absolute Gasteiger partial charge is 1.00 e. The van der Waals surface area contributed by atoms with Crippen molar-refractivity contribution in [1.29, 1.82) is 0 Å². The number of rotatable bonds is 5. The Labute approximate surface area is 196 Å². The van der Waals surface area contributed by atoms with Crippen molar-refractivity contribution in [2.75, 3.05) is 5.01 Å². The van der Waals surface area contributed by atoms with E-state index in [2.05, 4.69) is 19.8 Å². The molecule has 1 aliphatic rings. The van der Waals surface area contributed by atoms with Crippen molar-refractivity contribution in [2.45, 2.75) is 23.1 Å². The van der Waals surface area contributed by atoms with Crippen LogP contribution in [0.5, 0.6) is 0 Å². The molecule has 0 unspecified atom stereocenters. The molecule has 0 aliphatic carbocycles. The van der Waals surface area contributed by atoms with Crippen LogP contribution < -0.4 is 74.7 Å². The van der Waals surface area contributed by atoms with E-state index in [1.807, 2.05) is 0 Å². The molecule has 1 heterocycles. The van der Waals surface area contributed by atoms with Crippen LogP contribution in [0.15, 0.2) is 33.1 Å². The third-order valence-electron chi connectivity index (χ3n) is 2.68. The number of nitrogens with zero attached hydrogens (tertiary/aromatic N) is 2. The molecule has 1 aromatic carbocycles. The Bertz CT molecular complexity index is 818. The SMILES string of the molecule is CC(=O)NC1=NN(c2cc(SOO[O-])ccc2S(=O)(=O)[O-])C(=O)C1.[Na+].[Na+]. The quantitative estimate of drug-likeness (QED) is 0.160. The van der Waals surface area contributed by atoms with Gasteiger partial charge in [-0.05, 0) is 18.2 Å². The molecule has 0 spiro atoms. The maximum Gasteiger partial charge on any atom is 1.00 e. The first-order chi connectivity index (χ1) is 11.2. The van der Waals surface area contributed by atoms with Gasteiger partial charge >= 0.3 is 59.1 Å². The van der Waals surface area contributed by atoms with Crippen molar-refractivity contribution >= 4 is 45.5 Å². The van der Waals surface area contributed by atoms with Crippen LogP contribution in [0, 0.1) is 0 Å². The molecule has 1 N–H and O–H groups in total. The van der Waals surface area contributed by atoms with Gasteiger partial charge in [0, 0.05) is 11.8 Å². The Morgan fingerprint density at radius 3 is 2.58 bits per heavy atom. The molecular formula is C11H9N3Na2O8S2. The molecule has 0 bridgehead atoms. The fraction of sp³-hybridized carbons (Fsp3) is 0.182. The van der Waals surface area contributed by atoms with Crippen molar-refractivity contribution in [3.8, 4) is 0 Å². The van der Waals surface area contributed by atoms with Crippen LogP contribution in [0.1, 0.15) is 13.3 Å². The van der Waals surface area contributed by atoms with Crippen molar-refractivity contribution in [1.82, 2.24) is 5.32 Å². The molecule has 0 fully saturated rings. The summed E-state index contributed by atoms with van der Waals surface area (Å²) in [4.78, 5) is 22.5. The number of nitrogens with one attached hydrogen (secondary N) is 1. The van der Waals surface area contributed by atoms with E-state index in [1.54, 1.807) is 0 Å². The van der Waals surface area contributed by atoms with Gasteiger partial charge in [0.2, 0.25) is 5.91 Å². The number of carbonyl (C=O) groups excluding carboxylic acids is 2. The predicted octanol–water partition coefficient (Wildman–Crippen LogP) is -6.98. The molecule has 2 amide bonds. The Balaban J connectivity index is 0.00000312. The van der Waals surface area contributed by atoms with E-state index in [0.29, 0.717) is 17.1 Å². The van der Waals surface area contributed by atoms with Gasteiger partial charge in [-0.25, -0.2) is 8.42 Å². The third-order valence-corrected chi connectivity index (χ3v) is 4.14. The van der Waals surface area contributed by atoms with E-state index in [-0.39, 0.29) is 82.0 Å². The van der Waals surface area contributed by atoms with Gasteiger partial charge < -0.3 is 15.1 Å². The maximum atomic E-state index is 12.0. The van der Waals surface area contributed by atoms with Gasteiger partial charge in [0.15, 0.2) is 0 Å². The average Bonchev–Trinajstić information content (AvgIpc) is 2.83. The fourth-order valence-corrected chi connectivity index (χ4v) is 2.90. The molecule has 0 saturated carbocycles. The normalized spacial score (nSPS) is 13.6. The third kappa shape index (κ3) is 6.85. The Morgan fingerprint density at radius 2 is 2.04 bits per heavy atom. The zero-order valence-corrected chi connectivity index (χ0v) is 19.5. The summed E-state index contributed by atoms with van der Waals surface area (Å²) in [6, 6.07) is 3.22. The van der Waals surface area contributed by atoms with E-state index in [1.165, 1.54) is 13.0 Å². The molecule has 0 aromatic heterocycles. The predicted molar refractivity (Wildman–Crippen MR) is 75.8 cm³/mol. The van der Waals surface area contributed by atoms with E-state index in [9.17, 15) is 27.8 Å². The van der Waals surface area contributed by atoms with E-state index in [4.69, 9.17) is 0 Å². The summed E-state index contributed by atoms with van der Waals surface area (Å²) in [7, 11) is -4.92. The standard InChI is InChI=1S/C11H11N3O8S2.2Na/c1-6(15)12-10-5-11(16)14(13-10)8-4-7(23-22-21-17)2-3-9(8)24(18,19)20;;/h2-4,17H,5H2,1H3,(H,12,13,15)(H,18,19,20);;/q;2*+1/p-2. The van der Waals surface area contributed by atoms with Crippen molar-refractivity contribution in [3.63, 3.8) is 0 Å². The van der Waals surface area contributed by atoms with Gasteiger partial charge in [0.05, 0.1) is 29.0 Å². The number of amidine groups is 1. The van der Waals surface area contributed by atoms with E-state index < -0.39 is 26.8 Å². The number of hydrogen-bond acceptors (Lipinski definition) is 10. The summed E-state index contributed by atoms with van der Waals surface area (Å²) >= 11 is 0.438. The van der Waals surface area contributed by atoms with Crippen molar-refractivity contribution in [2.24, 2.45) is 5.10 Å². The molecule has 2 rings (SSSR count). The summed E-state index contributed by atoms with van der Waals surface area (Å²) < 4.78 is 38.2. The summed E-state index contributed by atoms with van der Waals surface area (Å²) in [5.41, 5.74) is -0.338. The molecule has 1 aliphatic heterocycles. The first kappa shape index (κ1) is 26.0. The molecule has 130 valence electrons. The average molecular weight is 421 g/mol. The molecule has 26 heavy (non-hydrogen) atoms. The first-order valence-electron chi connectivity index (χ1n) is 6.13. The number of amides is 2. The minimum absolute atomic E-state index is 0. The van der Waals surface area contributed by atoms with Gasteiger partial charge in [-0.15, -0.1) is 0 Å².